The Kier molecular flexibility index (Phi) is 4.72. The van der Waals surface area contributed by atoms with Gasteiger partial charge in [0.15, 0.2) is 0 Å². The molecular weight excluding hydrogens is 114 g/mol. The van der Waals surface area contributed by atoms with Gasteiger partial charge in [0.25, 0.3) is 0 Å². The fourth-order valence-electron chi connectivity index (χ4n) is 0.581. The van der Waals surface area contributed by atoms with Crippen molar-refractivity contribution in [3.8, 4) is 0 Å². The van der Waals surface area contributed by atoms with Crippen LogP contribution >= 0.6 is 0 Å². The van der Waals surface area contributed by atoms with Gasteiger partial charge in [-0.3, -0.25) is 5.32 Å². The van der Waals surface area contributed by atoms with Crippen LogP contribution < -0.4 is 5.32 Å². The second-order valence-corrected chi connectivity index (χ2v) is 2.81. The summed E-state index contributed by atoms with van der Waals surface area (Å²) in [6, 6.07) is 0. The molecule has 0 bridgehead atoms. The average molecular weight is 131 g/mol. The van der Waals surface area contributed by atoms with E-state index in [0.717, 1.165) is 18.9 Å². The number of rotatable bonds is 4. The molecule has 0 saturated heterocycles. The van der Waals surface area contributed by atoms with Gasteiger partial charge in [-0.05, 0) is 25.8 Å². The number of aliphatic hydroxyl groups excluding tert-OH is 1. The summed E-state index contributed by atoms with van der Waals surface area (Å²) in [6.07, 6.45) is 0.772. The van der Waals surface area contributed by atoms with Crippen molar-refractivity contribution in [1.29, 1.82) is 0 Å². The molecule has 0 aliphatic carbocycles. The van der Waals surface area contributed by atoms with Gasteiger partial charge in [0.05, 0.1) is 0 Å². The van der Waals surface area contributed by atoms with Crippen molar-refractivity contribution in [2.45, 2.75) is 33.4 Å². The van der Waals surface area contributed by atoms with Crippen LogP contribution in [0.15, 0.2) is 0 Å². The van der Waals surface area contributed by atoms with Crippen LogP contribution in [0, 0.1) is 5.92 Å². The van der Waals surface area contributed by atoms with Crippen molar-refractivity contribution < 1.29 is 5.11 Å². The number of hydrogen-bond donors (Lipinski definition) is 2. The summed E-state index contributed by atoms with van der Waals surface area (Å²) in [4.78, 5) is 0. The number of nitrogens with one attached hydrogen (secondary N) is 1. The first-order valence-electron chi connectivity index (χ1n) is 3.54. The minimum atomic E-state index is -0.358. The molecule has 0 aromatic rings. The maximum absolute atomic E-state index is 8.75. The molecule has 2 N–H and O–H groups in total. The third-order valence-electron chi connectivity index (χ3n) is 1.16. The molecule has 0 aliphatic rings. The summed E-state index contributed by atoms with van der Waals surface area (Å²) in [5.41, 5.74) is 0. The van der Waals surface area contributed by atoms with E-state index in [1.165, 1.54) is 0 Å². The standard InChI is InChI=1S/C7H17NO/c1-6(2)4-5-8-7(3)9/h6-9H,4-5H2,1-3H3. The summed E-state index contributed by atoms with van der Waals surface area (Å²) in [7, 11) is 0. The monoisotopic (exact) mass is 131 g/mol. The van der Waals surface area contributed by atoms with Gasteiger partial charge in [0, 0.05) is 0 Å². The van der Waals surface area contributed by atoms with E-state index in [1.54, 1.807) is 6.92 Å². The Morgan fingerprint density at radius 1 is 1.33 bits per heavy atom. The molecule has 1 unspecified atom stereocenters. The quantitative estimate of drug-likeness (QED) is 0.557. The molecule has 0 amide bonds. The Balaban J connectivity index is 2.91. The predicted octanol–water partition coefficient (Wildman–Crippen LogP) is 0.960. The van der Waals surface area contributed by atoms with Crippen LogP contribution in [0.5, 0.6) is 0 Å². The highest BCUT2D eigenvalue weighted by molar-refractivity contribution is 4.49. The molecule has 0 aromatic heterocycles. The van der Waals surface area contributed by atoms with Gasteiger partial charge in [-0.15, -0.1) is 0 Å². The third kappa shape index (κ3) is 7.92. The maximum atomic E-state index is 8.75. The van der Waals surface area contributed by atoms with E-state index in [4.69, 9.17) is 5.11 Å². The van der Waals surface area contributed by atoms with Crippen molar-refractivity contribution in [3.05, 3.63) is 0 Å². The van der Waals surface area contributed by atoms with Gasteiger partial charge >= 0.3 is 0 Å². The lowest BCUT2D eigenvalue weighted by molar-refractivity contribution is 0.155. The second-order valence-electron chi connectivity index (χ2n) is 2.81. The molecule has 0 rings (SSSR count). The molecule has 0 spiro atoms. The predicted molar refractivity (Wildman–Crippen MR) is 39.1 cm³/mol. The summed E-state index contributed by atoms with van der Waals surface area (Å²) < 4.78 is 0. The van der Waals surface area contributed by atoms with Crippen molar-refractivity contribution in [3.63, 3.8) is 0 Å². The molecule has 2 nitrogen and oxygen atoms in total. The van der Waals surface area contributed by atoms with Crippen molar-refractivity contribution >= 4 is 0 Å². The smallest absolute Gasteiger partial charge is 0.102 e. The molecule has 56 valence electrons. The van der Waals surface area contributed by atoms with Crippen molar-refractivity contribution in [2.24, 2.45) is 5.92 Å². The summed E-state index contributed by atoms with van der Waals surface area (Å²) in [5, 5.41) is 11.7. The summed E-state index contributed by atoms with van der Waals surface area (Å²) in [6.45, 7) is 6.99. The lowest BCUT2D eigenvalue weighted by Crippen LogP contribution is -2.26. The molecule has 0 heterocycles. The van der Waals surface area contributed by atoms with E-state index in [0.29, 0.717) is 0 Å². The summed E-state index contributed by atoms with van der Waals surface area (Å²) in [5.74, 6) is 0.719. The van der Waals surface area contributed by atoms with Crippen molar-refractivity contribution in [2.75, 3.05) is 6.54 Å². The van der Waals surface area contributed by atoms with Crippen LogP contribution in [0.2, 0.25) is 0 Å². The zero-order valence-corrected chi connectivity index (χ0v) is 6.52. The van der Waals surface area contributed by atoms with E-state index < -0.39 is 0 Å². The number of aliphatic hydroxyl groups is 1. The Morgan fingerprint density at radius 2 is 1.89 bits per heavy atom. The van der Waals surface area contributed by atoms with Gasteiger partial charge in [-0.2, -0.15) is 0 Å². The molecule has 0 fully saturated rings. The van der Waals surface area contributed by atoms with Gasteiger partial charge < -0.3 is 5.11 Å². The van der Waals surface area contributed by atoms with Gasteiger partial charge in [0.1, 0.15) is 6.23 Å². The van der Waals surface area contributed by atoms with Gasteiger partial charge in [-0.25, -0.2) is 0 Å². The van der Waals surface area contributed by atoms with Crippen LogP contribution in [0.3, 0.4) is 0 Å². The highest BCUT2D eigenvalue weighted by Crippen LogP contribution is 1.96. The first kappa shape index (κ1) is 8.92. The van der Waals surface area contributed by atoms with E-state index in [2.05, 4.69) is 19.2 Å². The Hall–Kier alpha value is -0.0800. The summed E-state index contributed by atoms with van der Waals surface area (Å²) >= 11 is 0. The van der Waals surface area contributed by atoms with E-state index >= 15 is 0 Å². The zero-order chi connectivity index (χ0) is 7.28. The van der Waals surface area contributed by atoms with Crippen LogP contribution in [0.25, 0.3) is 0 Å². The molecule has 2 heteroatoms. The van der Waals surface area contributed by atoms with E-state index in [-0.39, 0.29) is 6.23 Å². The Morgan fingerprint density at radius 3 is 2.22 bits per heavy atom. The largest absolute Gasteiger partial charge is 0.379 e. The maximum Gasteiger partial charge on any atom is 0.102 e. The fraction of sp³-hybridized carbons (Fsp3) is 1.00. The van der Waals surface area contributed by atoms with Crippen LogP contribution in [-0.4, -0.2) is 17.9 Å². The molecule has 0 aromatic carbocycles. The lowest BCUT2D eigenvalue weighted by atomic mass is 10.1. The highest BCUT2D eigenvalue weighted by atomic mass is 16.3. The number of hydrogen-bond acceptors (Lipinski definition) is 2. The zero-order valence-electron chi connectivity index (χ0n) is 6.52. The van der Waals surface area contributed by atoms with Gasteiger partial charge in [0.2, 0.25) is 0 Å². The fourth-order valence-corrected chi connectivity index (χ4v) is 0.581. The third-order valence-corrected chi connectivity index (χ3v) is 1.16. The Labute approximate surface area is 57.3 Å². The average Bonchev–Trinajstić information content (AvgIpc) is 1.63. The topological polar surface area (TPSA) is 32.3 Å². The molecule has 9 heavy (non-hydrogen) atoms. The molecular formula is C7H17NO. The minimum Gasteiger partial charge on any atom is -0.379 e. The SMILES string of the molecule is CC(C)CCNC(C)O. The first-order valence-corrected chi connectivity index (χ1v) is 3.54. The van der Waals surface area contributed by atoms with Crippen LogP contribution in [0.4, 0.5) is 0 Å². The molecule has 1 atom stereocenters. The van der Waals surface area contributed by atoms with Crippen LogP contribution in [0.1, 0.15) is 27.2 Å². The normalized spacial score (nSPS) is 14.3. The molecule has 0 aliphatic heterocycles. The lowest BCUT2D eigenvalue weighted by Gasteiger charge is -2.07. The minimum absolute atomic E-state index is 0.358. The van der Waals surface area contributed by atoms with Gasteiger partial charge in [-0.1, -0.05) is 13.8 Å². The highest BCUT2D eigenvalue weighted by Gasteiger charge is 1.94. The molecule has 0 saturated carbocycles. The van der Waals surface area contributed by atoms with Crippen molar-refractivity contribution in [1.82, 2.24) is 5.32 Å². The Bertz CT molecular complexity index is 53.9. The van der Waals surface area contributed by atoms with Crippen LogP contribution in [-0.2, 0) is 0 Å². The van der Waals surface area contributed by atoms with E-state index in [1.807, 2.05) is 0 Å². The molecule has 0 radical (unpaired) electrons. The van der Waals surface area contributed by atoms with E-state index in [9.17, 15) is 0 Å². The second kappa shape index (κ2) is 4.77. The first-order chi connectivity index (χ1) is 4.13.